The largest absolute Gasteiger partial charge is 0.453 e. The molecule has 0 amide bonds. The van der Waals surface area contributed by atoms with Crippen molar-refractivity contribution in [2.75, 3.05) is 5.32 Å². The van der Waals surface area contributed by atoms with Gasteiger partial charge in [0, 0.05) is 23.3 Å². The lowest BCUT2D eigenvalue weighted by Crippen LogP contribution is -2.37. The van der Waals surface area contributed by atoms with Gasteiger partial charge in [0.15, 0.2) is 5.78 Å². The van der Waals surface area contributed by atoms with Crippen LogP contribution in [-0.4, -0.2) is 20.5 Å². The zero-order valence-electron chi connectivity index (χ0n) is 14.6. The number of fused-ring (bicyclic) bond motifs is 1. The number of carbonyl (C=O) groups is 1. The van der Waals surface area contributed by atoms with E-state index in [1.54, 1.807) is 6.07 Å². The van der Waals surface area contributed by atoms with Crippen LogP contribution in [0.4, 0.5) is 23.5 Å². The Balaban J connectivity index is 1.95. The highest BCUT2D eigenvalue weighted by Crippen LogP contribution is 2.46. The molecule has 142 valence electrons. The first-order chi connectivity index (χ1) is 12.6. The summed E-state index contributed by atoms with van der Waals surface area (Å²) in [6.07, 6.45) is -4.10. The van der Waals surface area contributed by atoms with Gasteiger partial charge < -0.3 is 5.32 Å². The van der Waals surface area contributed by atoms with E-state index in [1.165, 1.54) is 18.2 Å². The summed E-state index contributed by atoms with van der Waals surface area (Å²) < 4.78 is 54.9. The van der Waals surface area contributed by atoms with Crippen molar-refractivity contribution in [3.8, 4) is 0 Å². The molecule has 2 heterocycles. The standard InChI is InChI=1S/C18H16F4N4O/c1-17(2)7-11-13(12(27)8-17)14(9-5-3-4-6-10(9)19)26-16(23-11)24-15(25-26)18(20,21)22/h3-6,14H,7-8H2,1-2H3,(H,23,24,25). The molecule has 0 spiro atoms. The summed E-state index contributed by atoms with van der Waals surface area (Å²) in [7, 11) is 0. The minimum Gasteiger partial charge on any atom is -0.328 e. The van der Waals surface area contributed by atoms with E-state index in [-0.39, 0.29) is 34.7 Å². The van der Waals surface area contributed by atoms with E-state index >= 15 is 0 Å². The van der Waals surface area contributed by atoms with E-state index in [9.17, 15) is 22.4 Å². The third-order valence-electron chi connectivity index (χ3n) is 4.79. The Morgan fingerprint density at radius 1 is 1.22 bits per heavy atom. The van der Waals surface area contributed by atoms with Crippen molar-refractivity contribution in [2.45, 2.75) is 38.9 Å². The maximum Gasteiger partial charge on any atom is 0.453 e. The predicted octanol–water partition coefficient (Wildman–Crippen LogP) is 4.09. The Morgan fingerprint density at radius 3 is 2.59 bits per heavy atom. The monoisotopic (exact) mass is 380 g/mol. The van der Waals surface area contributed by atoms with E-state index in [0.29, 0.717) is 12.1 Å². The summed E-state index contributed by atoms with van der Waals surface area (Å²) in [5, 5.41) is 6.37. The third kappa shape index (κ3) is 2.90. The highest BCUT2D eigenvalue weighted by Gasteiger charge is 2.45. The highest BCUT2D eigenvalue weighted by molar-refractivity contribution is 6.00. The van der Waals surface area contributed by atoms with Gasteiger partial charge in [0.05, 0.1) is 0 Å². The number of Topliss-reactive ketones (excluding diaryl/α,β-unsaturated/α-hetero) is 1. The van der Waals surface area contributed by atoms with Crippen LogP contribution in [0.3, 0.4) is 0 Å². The molecule has 27 heavy (non-hydrogen) atoms. The Hall–Kier alpha value is -2.71. The molecular weight excluding hydrogens is 364 g/mol. The Labute approximate surface area is 152 Å². The first-order valence-electron chi connectivity index (χ1n) is 8.38. The molecule has 2 aromatic rings. The van der Waals surface area contributed by atoms with Gasteiger partial charge in [0.2, 0.25) is 5.95 Å². The zero-order chi connectivity index (χ0) is 19.6. The molecule has 0 saturated heterocycles. The van der Waals surface area contributed by atoms with Crippen LogP contribution in [0.5, 0.6) is 0 Å². The summed E-state index contributed by atoms with van der Waals surface area (Å²) in [6, 6.07) is 4.60. The van der Waals surface area contributed by atoms with Gasteiger partial charge in [0.1, 0.15) is 11.9 Å². The molecule has 1 aromatic heterocycles. The van der Waals surface area contributed by atoms with Crippen LogP contribution in [0.1, 0.15) is 44.1 Å². The number of alkyl halides is 3. The van der Waals surface area contributed by atoms with Crippen molar-refractivity contribution in [3.05, 3.63) is 52.7 Å². The van der Waals surface area contributed by atoms with Gasteiger partial charge in [0.25, 0.3) is 5.82 Å². The number of hydrogen-bond donors (Lipinski definition) is 1. The quantitative estimate of drug-likeness (QED) is 0.757. The molecule has 1 aromatic carbocycles. The number of allylic oxidation sites excluding steroid dienone is 2. The van der Waals surface area contributed by atoms with Crippen molar-refractivity contribution in [1.82, 2.24) is 14.8 Å². The smallest absolute Gasteiger partial charge is 0.328 e. The van der Waals surface area contributed by atoms with Gasteiger partial charge in [-0.3, -0.25) is 4.79 Å². The molecule has 4 rings (SSSR count). The molecule has 1 unspecified atom stereocenters. The second-order valence-electron chi connectivity index (χ2n) is 7.58. The number of carbonyl (C=O) groups excluding carboxylic acids is 1. The van der Waals surface area contributed by atoms with Crippen molar-refractivity contribution >= 4 is 11.7 Å². The lowest BCUT2D eigenvalue weighted by atomic mass is 9.73. The van der Waals surface area contributed by atoms with Gasteiger partial charge in [-0.25, -0.2) is 9.07 Å². The van der Waals surface area contributed by atoms with E-state index in [2.05, 4.69) is 15.4 Å². The second-order valence-corrected chi connectivity index (χ2v) is 7.58. The molecule has 0 radical (unpaired) electrons. The van der Waals surface area contributed by atoms with Gasteiger partial charge >= 0.3 is 6.18 Å². The fourth-order valence-corrected chi connectivity index (χ4v) is 3.71. The number of benzene rings is 1. The Bertz CT molecular complexity index is 974. The normalized spacial score (nSPS) is 21.6. The van der Waals surface area contributed by atoms with E-state index < -0.39 is 23.9 Å². The second kappa shape index (κ2) is 5.64. The van der Waals surface area contributed by atoms with Crippen molar-refractivity contribution in [1.29, 1.82) is 0 Å². The van der Waals surface area contributed by atoms with Gasteiger partial charge in [-0.1, -0.05) is 32.0 Å². The fraction of sp³-hybridized carbons (Fsp3) is 0.389. The molecule has 1 atom stereocenters. The van der Waals surface area contributed by atoms with E-state index in [0.717, 1.165) is 4.68 Å². The van der Waals surface area contributed by atoms with Crippen molar-refractivity contribution < 1.29 is 22.4 Å². The molecule has 1 N–H and O–H groups in total. The minimum atomic E-state index is -4.75. The number of ketones is 1. The fourth-order valence-electron chi connectivity index (χ4n) is 3.71. The molecule has 1 aliphatic heterocycles. The van der Waals surface area contributed by atoms with Crippen molar-refractivity contribution in [2.24, 2.45) is 5.41 Å². The summed E-state index contributed by atoms with van der Waals surface area (Å²) in [4.78, 5) is 16.4. The van der Waals surface area contributed by atoms with Crippen LogP contribution < -0.4 is 5.32 Å². The van der Waals surface area contributed by atoms with Gasteiger partial charge in [-0.15, -0.1) is 5.10 Å². The van der Waals surface area contributed by atoms with Gasteiger partial charge in [-0.2, -0.15) is 18.2 Å². The number of anilines is 1. The van der Waals surface area contributed by atoms with Crippen LogP contribution in [-0.2, 0) is 11.0 Å². The van der Waals surface area contributed by atoms with E-state index in [4.69, 9.17) is 0 Å². The number of nitrogens with one attached hydrogen (secondary N) is 1. The summed E-state index contributed by atoms with van der Waals surface area (Å²) in [5.41, 5.74) is 0.431. The summed E-state index contributed by atoms with van der Waals surface area (Å²) in [6.45, 7) is 3.80. The van der Waals surface area contributed by atoms with Crippen LogP contribution in [0.15, 0.2) is 35.5 Å². The molecule has 5 nitrogen and oxygen atoms in total. The van der Waals surface area contributed by atoms with Crippen LogP contribution in [0, 0.1) is 11.2 Å². The van der Waals surface area contributed by atoms with Gasteiger partial charge in [-0.05, 0) is 17.9 Å². The molecule has 2 aliphatic rings. The maximum atomic E-state index is 14.5. The van der Waals surface area contributed by atoms with Crippen LogP contribution in [0.25, 0.3) is 0 Å². The molecular formula is C18H16F4N4O. The molecule has 9 heteroatoms. The highest BCUT2D eigenvalue weighted by atomic mass is 19.4. The average Bonchev–Trinajstić information content (AvgIpc) is 2.96. The van der Waals surface area contributed by atoms with E-state index in [1.807, 2.05) is 13.8 Å². The maximum absolute atomic E-state index is 14.5. The lowest BCUT2D eigenvalue weighted by molar-refractivity contribution is -0.145. The summed E-state index contributed by atoms with van der Waals surface area (Å²) in [5.74, 6) is -2.35. The number of rotatable bonds is 1. The van der Waals surface area contributed by atoms with Crippen molar-refractivity contribution in [3.63, 3.8) is 0 Å². The van der Waals surface area contributed by atoms with Crippen LogP contribution >= 0.6 is 0 Å². The molecule has 0 bridgehead atoms. The Morgan fingerprint density at radius 2 is 1.93 bits per heavy atom. The first-order valence-corrected chi connectivity index (χ1v) is 8.38. The Kier molecular flexibility index (Phi) is 3.70. The lowest BCUT2D eigenvalue weighted by Gasteiger charge is -2.38. The first kappa shape index (κ1) is 17.7. The number of halogens is 4. The number of aromatic nitrogens is 3. The minimum absolute atomic E-state index is 0.0828. The SMILES string of the molecule is CC1(C)CC(=O)C2=C(C1)Nc1nc(C(F)(F)F)nn1C2c1ccccc1F. The number of hydrogen-bond acceptors (Lipinski definition) is 4. The molecule has 0 fully saturated rings. The predicted molar refractivity (Wildman–Crippen MR) is 88.2 cm³/mol. The topological polar surface area (TPSA) is 59.8 Å². The zero-order valence-corrected chi connectivity index (χ0v) is 14.6. The van der Waals surface area contributed by atoms with Crippen LogP contribution in [0.2, 0.25) is 0 Å². The number of nitrogens with zero attached hydrogens (tertiary/aromatic N) is 3. The molecule has 0 saturated carbocycles. The third-order valence-corrected chi connectivity index (χ3v) is 4.79. The molecule has 1 aliphatic carbocycles. The summed E-state index contributed by atoms with van der Waals surface area (Å²) >= 11 is 0. The average molecular weight is 380 g/mol.